The maximum Gasteiger partial charge on any atom is 0.322 e. The average molecular weight is 353 g/mol. The molecule has 4 nitrogen and oxygen atoms in total. The van der Waals surface area contributed by atoms with Crippen molar-refractivity contribution in [3.05, 3.63) is 65.0 Å². The normalized spacial score (nSPS) is 22.0. The molecule has 2 heterocycles. The lowest BCUT2D eigenvalue weighted by molar-refractivity contribution is 0.219. The third-order valence-corrected chi connectivity index (χ3v) is 5.56. The van der Waals surface area contributed by atoms with Gasteiger partial charge in [0.25, 0.3) is 0 Å². The van der Waals surface area contributed by atoms with Crippen molar-refractivity contribution in [2.45, 2.75) is 31.8 Å². The van der Waals surface area contributed by atoms with Crippen LogP contribution in [0.25, 0.3) is 0 Å². The summed E-state index contributed by atoms with van der Waals surface area (Å²) < 4.78 is 13.8. The summed E-state index contributed by atoms with van der Waals surface area (Å²) in [4.78, 5) is 17.2. The van der Waals surface area contributed by atoms with E-state index in [0.29, 0.717) is 11.5 Å². The Labute approximate surface area is 153 Å². The minimum absolute atomic E-state index is 0.143. The van der Waals surface area contributed by atoms with Crippen LogP contribution in [0.3, 0.4) is 0 Å². The number of nitrogens with zero attached hydrogens (tertiary/aromatic N) is 2. The number of halogens is 1. The van der Waals surface area contributed by atoms with Gasteiger partial charge in [0.1, 0.15) is 5.82 Å². The van der Waals surface area contributed by atoms with Gasteiger partial charge < -0.3 is 10.2 Å². The van der Waals surface area contributed by atoms with Crippen molar-refractivity contribution in [3.63, 3.8) is 0 Å². The van der Waals surface area contributed by atoms with Gasteiger partial charge in [-0.25, -0.2) is 9.18 Å². The number of hydrogen-bond donors (Lipinski definition) is 1. The van der Waals surface area contributed by atoms with Gasteiger partial charge in [0.05, 0.1) is 0 Å². The highest BCUT2D eigenvalue weighted by Crippen LogP contribution is 2.44. The van der Waals surface area contributed by atoms with E-state index in [1.54, 1.807) is 18.2 Å². The molecule has 2 aromatic rings. The van der Waals surface area contributed by atoms with E-state index in [0.717, 1.165) is 25.2 Å². The summed E-state index contributed by atoms with van der Waals surface area (Å²) >= 11 is 0. The second-order valence-electron chi connectivity index (χ2n) is 7.41. The molecule has 0 aromatic heterocycles. The number of fused-ring (bicyclic) bond motifs is 3. The maximum atomic E-state index is 13.8. The predicted molar refractivity (Wildman–Crippen MR) is 101 cm³/mol. The molecule has 2 aromatic carbocycles. The van der Waals surface area contributed by atoms with Gasteiger partial charge in [0, 0.05) is 36.3 Å². The van der Waals surface area contributed by atoms with Gasteiger partial charge in [-0.1, -0.05) is 35.9 Å². The molecule has 0 saturated carbocycles. The molecule has 4 rings (SSSR count). The van der Waals surface area contributed by atoms with Crippen LogP contribution in [0.2, 0.25) is 0 Å². The van der Waals surface area contributed by atoms with Crippen molar-refractivity contribution in [1.82, 2.24) is 10.2 Å². The number of aryl methyl sites for hydroxylation is 1. The molecule has 0 spiro atoms. The molecule has 0 aliphatic carbocycles. The van der Waals surface area contributed by atoms with Crippen LogP contribution in [0, 0.1) is 12.7 Å². The largest absolute Gasteiger partial charge is 0.333 e. The Morgan fingerprint density at radius 2 is 2.08 bits per heavy atom. The lowest BCUT2D eigenvalue weighted by Gasteiger charge is -2.36. The molecule has 5 heteroatoms. The molecular weight excluding hydrogens is 329 g/mol. The molecule has 136 valence electrons. The van der Waals surface area contributed by atoms with Gasteiger partial charge in [-0.2, -0.15) is 0 Å². The number of rotatable bonds is 2. The number of nitrogens with one attached hydrogen (secondary N) is 1. The Bertz CT molecular complexity index is 838. The first kappa shape index (κ1) is 17.0. The van der Waals surface area contributed by atoms with Crippen molar-refractivity contribution < 1.29 is 9.18 Å². The van der Waals surface area contributed by atoms with E-state index in [-0.39, 0.29) is 24.4 Å². The van der Waals surface area contributed by atoms with Gasteiger partial charge in [-0.3, -0.25) is 4.90 Å². The molecule has 2 atom stereocenters. The third-order valence-electron chi connectivity index (χ3n) is 5.56. The highest BCUT2D eigenvalue weighted by Gasteiger charge is 2.43. The lowest BCUT2D eigenvalue weighted by Crippen LogP contribution is -2.50. The molecule has 2 aliphatic rings. The standard InChI is InChI=1S/C21H24FN3O/c1-14-7-8-19-16(11-14)17-13-24(2)10-9-20(17)25(19)21(26)23-12-15-5-3-4-6-18(15)22/h3-8,11,17,20H,9-10,12-13H2,1-2H3,(H,23,26)/t17-,20-/m0/s1. The Morgan fingerprint density at radius 1 is 1.27 bits per heavy atom. The van der Waals surface area contributed by atoms with Gasteiger partial charge in [-0.15, -0.1) is 0 Å². The average Bonchev–Trinajstić information content (AvgIpc) is 2.94. The molecule has 1 fully saturated rings. The van der Waals surface area contributed by atoms with Crippen molar-refractivity contribution in [2.75, 3.05) is 25.0 Å². The summed E-state index contributed by atoms with van der Waals surface area (Å²) in [5.41, 5.74) is 3.96. The summed E-state index contributed by atoms with van der Waals surface area (Å²) in [6, 6.07) is 12.9. The first-order valence-electron chi connectivity index (χ1n) is 9.14. The number of likely N-dealkylation sites (tertiary alicyclic amines) is 1. The monoisotopic (exact) mass is 353 g/mol. The highest BCUT2D eigenvalue weighted by molar-refractivity contribution is 5.95. The molecule has 0 bridgehead atoms. The Kier molecular flexibility index (Phi) is 4.41. The fourth-order valence-corrected chi connectivity index (χ4v) is 4.24. The number of urea groups is 1. The number of carbonyl (C=O) groups excluding carboxylic acids is 1. The van der Waals surface area contributed by atoms with Gasteiger partial charge in [0.2, 0.25) is 0 Å². The summed E-state index contributed by atoms with van der Waals surface area (Å²) in [6.07, 6.45) is 0.946. The number of amides is 2. The van der Waals surface area contributed by atoms with Crippen LogP contribution in [0.4, 0.5) is 14.9 Å². The van der Waals surface area contributed by atoms with E-state index in [1.807, 2.05) is 11.0 Å². The quantitative estimate of drug-likeness (QED) is 0.894. The minimum Gasteiger partial charge on any atom is -0.333 e. The van der Waals surface area contributed by atoms with Gasteiger partial charge >= 0.3 is 6.03 Å². The summed E-state index contributed by atoms with van der Waals surface area (Å²) in [6.45, 7) is 4.21. The number of anilines is 1. The van der Waals surface area contributed by atoms with Gasteiger partial charge in [-0.05, 0) is 44.6 Å². The van der Waals surface area contributed by atoms with Crippen LogP contribution in [-0.4, -0.2) is 37.1 Å². The summed E-state index contributed by atoms with van der Waals surface area (Å²) in [5.74, 6) is 0.0466. The first-order valence-corrected chi connectivity index (χ1v) is 9.14. The fraction of sp³-hybridized carbons (Fsp3) is 0.381. The number of benzene rings is 2. The smallest absolute Gasteiger partial charge is 0.322 e. The topological polar surface area (TPSA) is 35.6 Å². The third kappa shape index (κ3) is 2.97. The molecule has 26 heavy (non-hydrogen) atoms. The van der Waals surface area contributed by atoms with E-state index in [2.05, 4.69) is 36.3 Å². The summed E-state index contributed by atoms with van der Waals surface area (Å²) in [7, 11) is 2.13. The molecule has 0 radical (unpaired) electrons. The SMILES string of the molecule is Cc1ccc2c(c1)[C@@H]1CN(C)CC[C@@H]1N2C(=O)NCc1ccccc1F. The number of piperidine rings is 1. The van der Waals surface area contributed by atoms with Crippen LogP contribution in [-0.2, 0) is 6.54 Å². The number of likely N-dealkylation sites (N-methyl/N-ethyl adjacent to an activating group) is 1. The van der Waals surface area contributed by atoms with E-state index in [9.17, 15) is 9.18 Å². The zero-order chi connectivity index (χ0) is 18.3. The van der Waals surface area contributed by atoms with Crippen LogP contribution >= 0.6 is 0 Å². The van der Waals surface area contributed by atoms with Crippen LogP contribution in [0.1, 0.15) is 29.0 Å². The van der Waals surface area contributed by atoms with Crippen LogP contribution < -0.4 is 10.2 Å². The van der Waals surface area contributed by atoms with Crippen molar-refractivity contribution in [2.24, 2.45) is 0 Å². The number of hydrogen-bond acceptors (Lipinski definition) is 2. The number of carbonyl (C=O) groups is 1. The van der Waals surface area contributed by atoms with E-state index >= 15 is 0 Å². The molecule has 0 unspecified atom stereocenters. The van der Waals surface area contributed by atoms with Gasteiger partial charge in [0.15, 0.2) is 0 Å². The molecule has 1 N–H and O–H groups in total. The van der Waals surface area contributed by atoms with E-state index < -0.39 is 0 Å². The van der Waals surface area contributed by atoms with Crippen LogP contribution in [0.5, 0.6) is 0 Å². The molecule has 1 saturated heterocycles. The predicted octanol–water partition coefficient (Wildman–Crippen LogP) is 3.65. The Balaban J connectivity index is 1.59. The van der Waals surface area contributed by atoms with E-state index in [1.165, 1.54) is 17.2 Å². The molecule has 2 aliphatic heterocycles. The fourth-order valence-electron chi connectivity index (χ4n) is 4.24. The van der Waals surface area contributed by atoms with E-state index in [4.69, 9.17) is 0 Å². The second-order valence-corrected chi connectivity index (χ2v) is 7.41. The zero-order valence-electron chi connectivity index (χ0n) is 15.2. The molecular formula is C21H24FN3O. The Hall–Kier alpha value is -2.40. The highest BCUT2D eigenvalue weighted by atomic mass is 19.1. The summed E-state index contributed by atoms with van der Waals surface area (Å²) in [5, 5.41) is 2.91. The van der Waals surface area contributed by atoms with Crippen LogP contribution in [0.15, 0.2) is 42.5 Å². The zero-order valence-corrected chi connectivity index (χ0v) is 15.2. The lowest BCUT2D eigenvalue weighted by atomic mass is 9.89. The minimum atomic E-state index is -0.289. The molecule has 2 amide bonds. The van der Waals surface area contributed by atoms with Crippen molar-refractivity contribution >= 4 is 11.7 Å². The van der Waals surface area contributed by atoms with Crippen molar-refractivity contribution in [3.8, 4) is 0 Å². The first-order chi connectivity index (χ1) is 12.5. The second kappa shape index (κ2) is 6.72. The maximum absolute atomic E-state index is 13.8. The van der Waals surface area contributed by atoms with Crippen molar-refractivity contribution in [1.29, 1.82) is 0 Å². The Morgan fingerprint density at radius 3 is 2.88 bits per heavy atom.